The summed E-state index contributed by atoms with van der Waals surface area (Å²) in [6.07, 6.45) is 6.53. The molecule has 4 heteroatoms. The summed E-state index contributed by atoms with van der Waals surface area (Å²) < 4.78 is 0. The average Bonchev–Trinajstić information content (AvgIpc) is 2.25. The van der Waals surface area contributed by atoms with Crippen LogP contribution in [0.3, 0.4) is 0 Å². The Morgan fingerprint density at radius 1 is 1.67 bits per heavy atom. The summed E-state index contributed by atoms with van der Waals surface area (Å²) in [5.41, 5.74) is 5.46. The molecule has 0 aromatic carbocycles. The molecule has 0 fully saturated rings. The lowest BCUT2D eigenvalue weighted by molar-refractivity contribution is -0.121. The van der Waals surface area contributed by atoms with E-state index in [1.165, 1.54) is 0 Å². The smallest absolute Gasteiger partial charge is 0.220 e. The van der Waals surface area contributed by atoms with E-state index in [1.54, 1.807) is 11.8 Å². The highest BCUT2D eigenvalue weighted by atomic mass is 32.2. The van der Waals surface area contributed by atoms with Crippen molar-refractivity contribution in [3.8, 4) is 12.3 Å². The third kappa shape index (κ3) is 9.64. The molecule has 0 heterocycles. The Morgan fingerprint density at radius 3 is 3.00 bits per heavy atom. The molecule has 15 heavy (non-hydrogen) atoms. The molecule has 0 rings (SSSR count). The first kappa shape index (κ1) is 14.3. The van der Waals surface area contributed by atoms with Crippen LogP contribution in [-0.4, -0.2) is 30.5 Å². The zero-order chi connectivity index (χ0) is 11.5. The van der Waals surface area contributed by atoms with Crippen molar-refractivity contribution in [3.05, 3.63) is 0 Å². The van der Waals surface area contributed by atoms with E-state index in [0.717, 1.165) is 12.2 Å². The highest BCUT2D eigenvalue weighted by Crippen LogP contribution is 2.02. The lowest BCUT2D eigenvalue weighted by atomic mass is 10.1. The zero-order valence-electron chi connectivity index (χ0n) is 9.29. The minimum atomic E-state index is 0.108. The first-order valence-electron chi connectivity index (χ1n) is 5.18. The molecule has 1 atom stereocenters. The van der Waals surface area contributed by atoms with E-state index < -0.39 is 0 Å². The molecule has 0 aromatic heterocycles. The van der Waals surface area contributed by atoms with Gasteiger partial charge in [-0.25, -0.2) is 0 Å². The standard InChI is InChI=1S/C11H20N2OS/c1-3-7-15-8-6-13-11(14)5-4-10(2)9-12/h1,10H,4-9,12H2,2H3,(H,13,14). The van der Waals surface area contributed by atoms with Gasteiger partial charge in [0.15, 0.2) is 0 Å². The van der Waals surface area contributed by atoms with Gasteiger partial charge in [0.05, 0.1) is 5.75 Å². The topological polar surface area (TPSA) is 55.1 Å². The van der Waals surface area contributed by atoms with E-state index in [4.69, 9.17) is 12.2 Å². The Balaban J connectivity index is 3.30. The van der Waals surface area contributed by atoms with E-state index in [2.05, 4.69) is 18.2 Å². The number of amides is 1. The summed E-state index contributed by atoms with van der Waals surface area (Å²) >= 11 is 1.65. The Morgan fingerprint density at radius 2 is 2.40 bits per heavy atom. The fourth-order valence-corrected chi connectivity index (χ4v) is 1.49. The minimum absolute atomic E-state index is 0.108. The van der Waals surface area contributed by atoms with Gasteiger partial charge in [-0.05, 0) is 18.9 Å². The third-order valence-corrected chi connectivity index (χ3v) is 2.88. The molecular formula is C11H20N2OS. The van der Waals surface area contributed by atoms with Crippen molar-refractivity contribution in [1.29, 1.82) is 0 Å². The number of terminal acetylenes is 1. The summed E-state index contributed by atoms with van der Waals surface area (Å²) in [5.74, 6) is 4.66. The number of hydrogen-bond acceptors (Lipinski definition) is 3. The maximum absolute atomic E-state index is 11.3. The van der Waals surface area contributed by atoms with Crippen LogP contribution in [0.25, 0.3) is 0 Å². The lowest BCUT2D eigenvalue weighted by Crippen LogP contribution is -2.26. The SMILES string of the molecule is C#CCSCCNC(=O)CCC(C)CN. The summed E-state index contributed by atoms with van der Waals surface area (Å²) in [6, 6.07) is 0. The first-order chi connectivity index (χ1) is 7.20. The summed E-state index contributed by atoms with van der Waals surface area (Å²) in [5, 5.41) is 2.85. The lowest BCUT2D eigenvalue weighted by Gasteiger charge is -2.08. The van der Waals surface area contributed by atoms with Crippen LogP contribution >= 0.6 is 11.8 Å². The van der Waals surface area contributed by atoms with Crippen molar-refractivity contribution in [1.82, 2.24) is 5.32 Å². The van der Waals surface area contributed by atoms with Gasteiger partial charge in [0.1, 0.15) is 0 Å². The summed E-state index contributed by atoms with van der Waals surface area (Å²) in [6.45, 7) is 3.39. The Labute approximate surface area is 96.6 Å². The molecule has 1 amide bonds. The molecule has 0 aromatic rings. The summed E-state index contributed by atoms with van der Waals surface area (Å²) in [7, 11) is 0. The molecule has 0 bridgehead atoms. The van der Waals surface area contributed by atoms with Gasteiger partial charge >= 0.3 is 0 Å². The molecule has 0 aliphatic heterocycles. The second-order valence-electron chi connectivity index (χ2n) is 3.49. The largest absolute Gasteiger partial charge is 0.355 e. The number of carbonyl (C=O) groups is 1. The van der Waals surface area contributed by atoms with Crippen LogP contribution in [0, 0.1) is 18.3 Å². The Bertz CT molecular complexity index is 213. The van der Waals surface area contributed by atoms with Crippen molar-refractivity contribution in [2.24, 2.45) is 11.7 Å². The van der Waals surface area contributed by atoms with Gasteiger partial charge < -0.3 is 11.1 Å². The van der Waals surface area contributed by atoms with Gasteiger partial charge in [-0.15, -0.1) is 18.2 Å². The van der Waals surface area contributed by atoms with Crippen molar-refractivity contribution in [3.63, 3.8) is 0 Å². The second kappa shape index (κ2) is 9.88. The van der Waals surface area contributed by atoms with E-state index in [1.807, 2.05) is 0 Å². The van der Waals surface area contributed by atoms with Crippen LogP contribution in [0.15, 0.2) is 0 Å². The fraction of sp³-hybridized carbons (Fsp3) is 0.727. The number of nitrogens with two attached hydrogens (primary N) is 1. The van der Waals surface area contributed by atoms with E-state index >= 15 is 0 Å². The molecular weight excluding hydrogens is 208 g/mol. The first-order valence-corrected chi connectivity index (χ1v) is 6.34. The van der Waals surface area contributed by atoms with Crippen molar-refractivity contribution in [2.45, 2.75) is 19.8 Å². The van der Waals surface area contributed by atoms with E-state index in [-0.39, 0.29) is 5.91 Å². The van der Waals surface area contributed by atoms with E-state index in [9.17, 15) is 4.79 Å². The number of rotatable bonds is 8. The molecule has 0 aliphatic rings. The van der Waals surface area contributed by atoms with Crippen LogP contribution in [0.5, 0.6) is 0 Å². The molecule has 0 aliphatic carbocycles. The average molecular weight is 228 g/mol. The maximum Gasteiger partial charge on any atom is 0.220 e. The number of thioether (sulfide) groups is 1. The number of carbonyl (C=O) groups excluding carboxylic acids is 1. The number of hydrogen-bond donors (Lipinski definition) is 2. The zero-order valence-corrected chi connectivity index (χ0v) is 10.1. The molecule has 0 radical (unpaired) electrons. The predicted molar refractivity (Wildman–Crippen MR) is 66.6 cm³/mol. The van der Waals surface area contributed by atoms with Gasteiger partial charge in [-0.3, -0.25) is 4.79 Å². The maximum atomic E-state index is 11.3. The normalized spacial score (nSPS) is 11.8. The Kier molecular flexibility index (Phi) is 9.44. The molecule has 1 unspecified atom stereocenters. The predicted octanol–water partition coefficient (Wildman–Crippen LogP) is 0.844. The van der Waals surface area contributed by atoms with Crippen molar-refractivity contribution >= 4 is 17.7 Å². The van der Waals surface area contributed by atoms with Crippen molar-refractivity contribution in [2.75, 3.05) is 24.6 Å². The quantitative estimate of drug-likeness (QED) is 0.478. The molecule has 3 nitrogen and oxygen atoms in total. The van der Waals surface area contributed by atoms with Crippen LogP contribution in [0.2, 0.25) is 0 Å². The molecule has 86 valence electrons. The highest BCUT2D eigenvalue weighted by molar-refractivity contribution is 7.99. The monoisotopic (exact) mass is 228 g/mol. The fourth-order valence-electron chi connectivity index (χ4n) is 0.977. The van der Waals surface area contributed by atoms with Gasteiger partial charge in [0.25, 0.3) is 0 Å². The van der Waals surface area contributed by atoms with Crippen LogP contribution in [-0.2, 0) is 4.79 Å². The number of nitrogens with one attached hydrogen (secondary N) is 1. The molecule has 0 spiro atoms. The van der Waals surface area contributed by atoms with E-state index in [0.29, 0.717) is 31.2 Å². The summed E-state index contributed by atoms with van der Waals surface area (Å²) in [4.78, 5) is 11.3. The van der Waals surface area contributed by atoms with Gasteiger partial charge in [0.2, 0.25) is 5.91 Å². The second-order valence-corrected chi connectivity index (χ2v) is 4.59. The van der Waals surface area contributed by atoms with Crippen LogP contribution in [0.1, 0.15) is 19.8 Å². The van der Waals surface area contributed by atoms with Crippen LogP contribution in [0.4, 0.5) is 0 Å². The molecule has 3 N–H and O–H groups in total. The Hall–Kier alpha value is -0.660. The van der Waals surface area contributed by atoms with Gasteiger partial charge in [-0.2, -0.15) is 0 Å². The minimum Gasteiger partial charge on any atom is -0.355 e. The van der Waals surface area contributed by atoms with Gasteiger partial charge in [-0.1, -0.05) is 12.8 Å². The molecule has 0 saturated heterocycles. The highest BCUT2D eigenvalue weighted by Gasteiger charge is 2.04. The van der Waals surface area contributed by atoms with Gasteiger partial charge in [0, 0.05) is 18.7 Å². The third-order valence-electron chi connectivity index (χ3n) is 2.02. The molecule has 0 saturated carbocycles. The van der Waals surface area contributed by atoms with Crippen LogP contribution < -0.4 is 11.1 Å². The van der Waals surface area contributed by atoms with Crippen molar-refractivity contribution < 1.29 is 4.79 Å².